The Morgan fingerprint density at radius 2 is 1.53 bits per heavy atom. The molecule has 0 heterocycles. The van der Waals surface area contributed by atoms with E-state index in [0.29, 0.717) is 10.8 Å². The number of halogens is 3. The highest BCUT2D eigenvalue weighted by atomic mass is 35.5. The zero-order valence-electron chi connectivity index (χ0n) is 8.19. The van der Waals surface area contributed by atoms with Crippen molar-refractivity contribution in [2.45, 2.75) is 24.7 Å². The predicted octanol–water partition coefficient (Wildman–Crippen LogP) is 4.65. The molecule has 0 aromatic heterocycles. The Kier molecular flexibility index (Phi) is 2.09. The summed E-state index contributed by atoms with van der Waals surface area (Å²) in [6, 6.07) is 5.88. The minimum absolute atomic E-state index is 0.351. The van der Waals surface area contributed by atoms with Crippen molar-refractivity contribution >= 4 is 34.8 Å². The minimum atomic E-state index is 0.351. The van der Waals surface area contributed by atoms with Crippen molar-refractivity contribution in [1.29, 1.82) is 0 Å². The van der Waals surface area contributed by atoms with Crippen LogP contribution in [0, 0.1) is 5.41 Å². The fourth-order valence-electron chi connectivity index (χ4n) is 3.31. The lowest BCUT2D eigenvalue weighted by molar-refractivity contribution is -0.122. The van der Waals surface area contributed by atoms with Gasteiger partial charge in [-0.25, -0.2) is 0 Å². The molecule has 3 aliphatic rings. The van der Waals surface area contributed by atoms with Gasteiger partial charge in [-0.3, -0.25) is 0 Å². The van der Waals surface area contributed by atoms with Crippen molar-refractivity contribution in [3.05, 3.63) is 33.8 Å². The van der Waals surface area contributed by atoms with Crippen molar-refractivity contribution in [2.24, 2.45) is 5.41 Å². The van der Waals surface area contributed by atoms with Crippen LogP contribution in [0.25, 0.3) is 0 Å². The zero-order chi connectivity index (χ0) is 10.7. The molecule has 3 heteroatoms. The highest BCUT2D eigenvalue weighted by Gasteiger charge is 2.67. The second-order valence-corrected chi connectivity index (χ2v) is 6.24. The summed E-state index contributed by atoms with van der Waals surface area (Å²) in [4.78, 5) is 0. The van der Waals surface area contributed by atoms with E-state index in [1.165, 1.54) is 24.8 Å². The standard InChI is InChI=1S/C12H11Cl3/c13-7-11-4-12(5-11,6-11)8-1-9(14)3-10(15)2-8/h1-3H,4-7H2. The predicted molar refractivity (Wildman–Crippen MR) is 65.1 cm³/mol. The summed E-state index contributed by atoms with van der Waals surface area (Å²) in [5.41, 5.74) is 2.09. The van der Waals surface area contributed by atoms with Crippen molar-refractivity contribution in [2.75, 3.05) is 5.88 Å². The van der Waals surface area contributed by atoms with E-state index in [2.05, 4.69) is 0 Å². The maximum absolute atomic E-state index is 6.01. The molecule has 2 bridgehead atoms. The Balaban J connectivity index is 1.90. The van der Waals surface area contributed by atoms with Gasteiger partial charge in [0.15, 0.2) is 0 Å². The third-order valence-corrected chi connectivity index (χ3v) is 4.90. The molecular formula is C12H11Cl3. The minimum Gasteiger partial charge on any atom is -0.126 e. The molecule has 0 radical (unpaired) electrons. The van der Waals surface area contributed by atoms with E-state index >= 15 is 0 Å². The summed E-state index contributed by atoms with van der Waals surface area (Å²) in [6.45, 7) is 0. The smallest absolute Gasteiger partial charge is 0.0423 e. The van der Waals surface area contributed by atoms with Crippen LogP contribution in [0.4, 0.5) is 0 Å². The Morgan fingerprint density at radius 3 is 2.00 bits per heavy atom. The molecule has 3 saturated carbocycles. The quantitative estimate of drug-likeness (QED) is 0.680. The Labute approximate surface area is 105 Å². The molecule has 3 aliphatic carbocycles. The van der Waals surface area contributed by atoms with Gasteiger partial charge in [-0.2, -0.15) is 0 Å². The van der Waals surface area contributed by atoms with Gasteiger partial charge in [0.25, 0.3) is 0 Å². The van der Waals surface area contributed by atoms with E-state index in [9.17, 15) is 0 Å². The largest absolute Gasteiger partial charge is 0.126 e. The summed E-state index contributed by atoms with van der Waals surface area (Å²) >= 11 is 18.0. The Bertz CT molecular complexity index is 385. The lowest BCUT2D eigenvalue weighted by atomic mass is 9.34. The van der Waals surface area contributed by atoms with Gasteiger partial charge in [0.1, 0.15) is 0 Å². The van der Waals surface area contributed by atoms with Crippen molar-refractivity contribution in [1.82, 2.24) is 0 Å². The van der Waals surface area contributed by atoms with E-state index in [4.69, 9.17) is 34.8 Å². The van der Waals surface area contributed by atoms with Crippen LogP contribution in [0.5, 0.6) is 0 Å². The molecule has 4 rings (SSSR count). The Hall–Kier alpha value is 0.0900. The van der Waals surface area contributed by atoms with Gasteiger partial charge in [-0.05, 0) is 53.9 Å². The topological polar surface area (TPSA) is 0 Å². The third-order valence-electron chi connectivity index (χ3n) is 3.90. The van der Waals surface area contributed by atoms with Crippen molar-refractivity contribution in [3.63, 3.8) is 0 Å². The maximum Gasteiger partial charge on any atom is 0.0423 e. The van der Waals surface area contributed by atoms with Gasteiger partial charge in [-0.1, -0.05) is 23.2 Å². The van der Waals surface area contributed by atoms with Gasteiger partial charge >= 0.3 is 0 Å². The van der Waals surface area contributed by atoms with E-state index in [0.717, 1.165) is 15.9 Å². The lowest BCUT2D eigenvalue weighted by Crippen LogP contribution is -2.65. The number of rotatable bonds is 2. The summed E-state index contributed by atoms with van der Waals surface area (Å²) < 4.78 is 0. The van der Waals surface area contributed by atoms with Crippen LogP contribution in [-0.4, -0.2) is 5.88 Å². The second-order valence-electron chi connectivity index (χ2n) is 5.10. The van der Waals surface area contributed by atoms with Crippen LogP contribution >= 0.6 is 34.8 Å². The number of hydrogen-bond donors (Lipinski definition) is 0. The summed E-state index contributed by atoms with van der Waals surface area (Å²) in [5.74, 6) is 0.795. The molecule has 0 spiro atoms. The van der Waals surface area contributed by atoms with Gasteiger partial charge < -0.3 is 0 Å². The first-order valence-electron chi connectivity index (χ1n) is 5.10. The number of hydrogen-bond acceptors (Lipinski definition) is 0. The van der Waals surface area contributed by atoms with Crippen LogP contribution in [0.1, 0.15) is 24.8 Å². The average molecular weight is 262 g/mol. The summed E-state index contributed by atoms with van der Waals surface area (Å²) in [7, 11) is 0. The second kappa shape index (κ2) is 3.06. The molecule has 0 saturated heterocycles. The van der Waals surface area contributed by atoms with Gasteiger partial charge in [-0.15, -0.1) is 11.6 Å². The van der Waals surface area contributed by atoms with Crippen molar-refractivity contribution in [3.8, 4) is 0 Å². The molecule has 0 aliphatic heterocycles. The lowest BCUT2D eigenvalue weighted by Gasteiger charge is -2.71. The van der Waals surface area contributed by atoms with E-state index in [1.807, 2.05) is 12.1 Å². The van der Waals surface area contributed by atoms with Crippen LogP contribution in [0.2, 0.25) is 10.0 Å². The molecular weight excluding hydrogens is 250 g/mol. The molecule has 0 atom stereocenters. The highest BCUT2D eigenvalue weighted by molar-refractivity contribution is 6.34. The van der Waals surface area contributed by atoms with Crippen LogP contribution in [0.3, 0.4) is 0 Å². The first kappa shape index (κ1) is 10.3. The number of benzene rings is 1. The molecule has 1 aromatic rings. The Morgan fingerprint density at radius 1 is 1.00 bits per heavy atom. The number of alkyl halides is 1. The molecule has 1 aromatic carbocycles. The summed E-state index contributed by atoms with van der Waals surface area (Å²) in [5, 5.41) is 1.48. The van der Waals surface area contributed by atoms with Gasteiger partial charge in [0.05, 0.1) is 0 Å². The molecule has 0 N–H and O–H groups in total. The fraction of sp³-hybridized carbons (Fsp3) is 0.500. The molecule has 0 amide bonds. The molecule has 15 heavy (non-hydrogen) atoms. The van der Waals surface area contributed by atoms with E-state index in [-0.39, 0.29) is 0 Å². The van der Waals surface area contributed by atoms with Crippen LogP contribution < -0.4 is 0 Å². The third kappa shape index (κ3) is 1.35. The molecule has 0 nitrogen and oxygen atoms in total. The molecule has 80 valence electrons. The molecule has 3 fully saturated rings. The highest BCUT2D eigenvalue weighted by Crippen LogP contribution is 2.74. The normalized spacial score (nSPS) is 37.0. The van der Waals surface area contributed by atoms with E-state index < -0.39 is 0 Å². The van der Waals surface area contributed by atoms with Crippen molar-refractivity contribution < 1.29 is 0 Å². The SMILES string of the molecule is ClCC12CC(c3cc(Cl)cc(Cl)c3)(C1)C2. The van der Waals surface area contributed by atoms with Gasteiger partial charge in [0, 0.05) is 15.9 Å². The van der Waals surface area contributed by atoms with Crippen LogP contribution in [0.15, 0.2) is 18.2 Å². The fourth-order valence-corrected chi connectivity index (χ4v) is 4.12. The van der Waals surface area contributed by atoms with Crippen LogP contribution in [-0.2, 0) is 5.41 Å². The monoisotopic (exact) mass is 260 g/mol. The van der Waals surface area contributed by atoms with Gasteiger partial charge in [0.2, 0.25) is 0 Å². The first-order valence-corrected chi connectivity index (χ1v) is 6.39. The average Bonchev–Trinajstić information content (AvgIpc) is 1.97. The maximum atomic E-state index is 6.01. The summed E-state index contributed by atoms with van der Waals surface area (Å²) in [6.07, 6.45) is 3.63. The first-order chi connectivity index (χ1) is 7.07. The zero-order valence-corrected chi connectivity index (χ0v) is 10.5. The molecule has 0 unspecified atom stereocenters. The van der Waals surface area contributed by atoms with E-state index in [1.54, 1.807) is 6.07 Å².